The van der Waals surface area contributed by atoms with Crippen molar-refractivity contribution in [3.63, 3.8) is 0 Å². The first-order chi connectivity index (χ1) is 11.9. The van der Waals surface area contributed by atoms with Gasteiger partial charge in [-0.2, -0.15) is 0 Å². The third-order valence-electron chi connectivity index (χ3n) is 3.62. The van der Waals surface area contributed by atoms with Crippen molar-refractivity contribution in [1.82, 2.24) is 10.0 Å². The Balaban J connectivity index is 1.98. The van der Waals surface area contributed by atoms with Crippen molar-refractivity contribution in [2.75, 3.05) is 20.7 Å². The number of sulfonamides is 1. The van der Waals surface area contributed by atoms with Crippen LogP contribution in [0.3, 0.4) is 0 Å². The standard InChI is InChI=1S/C17H19ClN2O4S/c1-19-25(22,23)13-8-6-12(7-9-13)10-11-20-17(21)16-14(18)4-3-5-15(16)24-2/h3-9,19H,10-11H2,1-2H3,(H,20,21). The summed E-state index contributed by atoms with van der Waals surface area (Å²) in [6.07, 6.45) is 0.554. The first-order valence-electron chi connectivity index (χ1n) is 7.52. The van der Waals surface area contributed by atoms with Gasteiger partial charge >= 0.3 is 0 Å². The van der Waals surface area contributed by atoms with Gasteiger partial charge in [-0.15, -0.1) is 0 Å². The number of methoxy groups -OCH3 is 1. The fourth-order valence-corrected chi connectivity index (χ4v) is 3.24. The van der Waals surface area contributed by atoms with Crippen LogP contribution in [0.25, 0.3) is 0 Å². The molecule has 2 rings (SSSR count). The number of hydrogen-bond donors (Lipinski definition) is 2. The number of rotatable bonds is 7. The average molecular weight is 383 g/mol. The summed E-state index contributed by atoms with van der Waals surface area (Å²) in [5, 5.41) is 3.10. The summed E-state index contributed by atoms with van der Waals surface area (Å²) in [4.78, 5) is 12.5. The lowest BCUT2D eigenvalue weighted by atomic mass is 10.1. The van der Waals surface area contributed by atoms with E-state index in [1.54, 1.807) is 30.3 Å². The molecule has 0 fully saturated rings. The van der Waals surface area contributed by atoms with Crippen LogP contribution in [0.4, 0.5) is 0 Å². The highest BCUT2D eigenvalue weighted by Crippen LogP contribution is 2.25. The molecule has 6 nitrogen and oxygen atoms in total. The van der Waals surface area contributed by atoms with Crippen LogP contribution in [-0.4, -0.2) is 35.0 Å². The van der Waals surface area contributed by atoms with Gasteiger partial charge in [0.1, 0.15) is 5.75 Å². The van der Waals surface area contributed by atoms with E-state index in [0.29, 0.717) is 29.3 Å². The Bertz CT molecular complexity index is 851. The molecule has 0 aliphatic rings. The van der Waals surface area contributed by atoms with Gasteiger partial charge in [-0.25, -0.2) is 13.1 Å². The first kappa shape index (κ1) is 19.2. The van der Waals surface area contributed by atoms with E-state index in [4.69, 9.17) is 16.3 Å². The second kappa shape index (κ2) is 8.33. The van der Waals surface area contributed by atoms with Gasteiger partial charge in [0.15, 0.2) is 0 Å². The number of ether oxygens (including phenoxy) is 1. The van der Waals surface area contributed by atoms with E-state index in [-0.39, 0.29) is 10.8 Å². The molecule has 134 valence electrons. The molecule has 0 bridgehead atoms. The maximum absolute atomic E-state index is 12.3. The molecule has 0 aliphatic heterocycles. The van der Waals surface area contributed by atoms with Crippen LogP contribution in [0, 0.1) is 0 Å². The highest BCUT2D eigenvalue weighted by atomic mass is 35.5. The van der Waals surface area contributed by atoms with Gasteiger partial charge in [0, 0.05) is 6.54 Å². The molecule has 0 heterocycles. The lowest BCUT2D eigenvalue weighted by Gasteiger charge is -2.11. The largest absolute Gasteiger partial charge is 0.496 e. The second-order valence-electron chi connectivity index (χ2n) is 5.17. The van der Waals surface area contributed by atoms with E-state index in [2.05, 4.69) is 10.0 Å². The molecule has 2 aromatic carbocycles. The molecule has 0 radical (unpaired) electrons. The molecule has 0 spiro atoms. The van der Waals surface area contributed by atoms with Crippen molar-refractivity contribution < 1.29 is 17.9 Å². The highest BCUT2D eigenvalue weighted by molar-refractivity contribution is 7.89. The molecule has 0 atom stereocenters. The Labute approximate surface area is 152 Å². The topological polar surface area (TPSA) is 84.5 Å². The maximum atomic E-state index is 12.3. The molecule has 0 aliphatic carbocycles. The molecule has 0 unspecified atom stereocenters. The fraction of sp³-hybridized carbons (Fsp3) is 0.235. The Morgan fingerprint density at radius 3 is 2.44 bits per heavy atom. The summed E-state index contributed by atoms with van der Waals surface area (Å²) in [5.74, 6) is 0.0865. The minimum atomic E-state index is -3.45. The lowest BCUT2D eigenvalue weighted by molar-refractivity contribution is 0.0951. The normalized spacial score (nSPS) is 11.2. The Kier molecular flexibility index (Phi) is 6.41. The van der Waals surface area contributed by atoms with Crippen molar-refractivity contribution in [2.45, 2.75) is 11.3 Å². The van der Waals surface area contributed by atoms with E-state index in [1.807, 2.05) is 0 Å². The monoisotopic (exact) mass is 382 g/mol. The predicted molar refractivity (Wildman–Crippen MR) is 96.7 cm³/mol. The minimum absolute atomic E-state index is 0.198. The Morgan fingerprint density at radius 1 is 1.16 bits per heavy atom. The summed E-state index contributed by atoms with van der Waals surface area (Å²) in [5.41, 5.74) is 1.20. The molecule has 0 saturated carbocycles. The highest BCUT2D eigenvalue weighted by Gasteiger charge is 2.16. The number of carbonyl (C=O) groups is 1. The van der Waals surface area contributed by atoms with Crippen molar-refractivity contribution in [2.24, 2.45) is 0 Å². The van der Waals surface area contributed by atoms with Gasteiger partial charge in [0.05, 0.1) is 22.6 Å². The van der Waals surface area contributed by atoms with Crippen molar-refractivity contribution >= 4 is 27.5 Å². The van der Waals surface area contributed by atoms with Gasteiger partial charge in [-0.05, 0) is 43.3 Å². The van der Waals surface area contributed by atoms with Gasteiger partial charge in [0.25, 0.3) is 5.91 Å². The molecular formula is C17H19ClN2O4S. The summed E-state index contributed by atoms with van der Waals surface area (Å²) >= 11 is 6.07. The number of benzene rings is 2. The number of nitrogens with one attached hydrogen (secondary N) is 2. The SMILES string of the molecule is CNS(=O)(=O)c1ccc(CCNC(=O)c2c(Cl)cccc2OC)cc1. The predicted octanol–water partition coefficient (Wildman–Crippen LogP) is 2.23. The molecule has 0 saturated heterocycles. The van der Waals surface area contributed by atoms with Crippen molar-refractivity contribution in [3.05, 3.63) is 58.6 Å². The Morgan fingerprint density at radius 2 is 1.84 bits per heavy atom. The van der Waals surface area contributed by atoms with Crippen LogP contribution in [0.2, 0.25) is 5.02 Å². The summed E-state index contributed by atoms with van der Waals surface area (Å²) in [6, 6.07) is 11.5. The van der Waals surface area contributed by atoms with Crippen LogP contribution >= 0.6 is 11.6 Å². The maximum Gasteiger partial charge on any atom is 0.256 e. The van der Waals surface area contributed by atoms with Gasteiger partial charge < -0.3 is 10.1 Å². The van der Waals surface area contributed by atoms with Crippen molar-refractivity contribution in [1.29, 1.82) is 0 Å². The van der Waals surface area contributed by atoms with Gasteiger partial charge in [-0.1, -0.05) is 29.8 Å². The van der Waals surface area contributed by atoms with Gasteiger partial charge in [-0.3, -0.25) is 4.79 Å². The minimum Gasteiger partial charge on any atom is -0.496 e. The average Bonchev–Trinajstić information content (AvgIpc) is 2.61. The number of carbonyl (C=O) groups excluding carboxylic acids is 1. The third kappa shape index (κ3) is 4.72. The smallest absolute Gasteiger partial charge is 0.256 e. The summed E-state index contributed by atoms with van der Waals surface area (Å²) in [6.45, 7) is 0.380. The van der Waals surface area contributed by atoms with Crippen LogP contribution in [0.1, 0.15) is 15.9 Å². The lowest BCUT2D eigenvalue weighted by Crippen LogP contribution is -2.26. The quantitative estimate of drug-likeness (QED) is 0.769. The van der Waals surface area contributed by atoms with Crippen LogP contribution in [-0.2, 0) is 16.4 Å². The number of amides is 1. The fourth-order valence-electron chi connectivity index (χ4n) is 2.26. The van der Waals surface area contributed by atoms with Crippen LogP contribution in [0.5, 0.6) is 5.75 Å². The first-order valence-corrected chi connectivity index (χ1v) is 9.38. The molecule has 2 N–H and O–H groups in total. The number of hydrogen-bond acceptors (Lipinski definition) is 4. The van der Waals surface area contributed by atoms with Gasteiger partial charge in [0.2, 0.25) is 10.0 Å². The molecule has 25 heavy (non-hydrogen) atoms. The van der Waals surface area contributed by atoms with E-state index < -0.39 is 10.0 Å². The summed E-state index contributed by atoms with van der Waals surface area (Å²) in [7, 11) is -0.607. The zero-order valence-electron chi connectivity index (χ0n) is 13.9. The second-order valence-corrected chi connectivity index (χ2v) is 7.47. The molecule has 0 aromatic heterocycles. The molecule has 1 amide bonds. The van der Waals surface area contributed by atoms with E-state index >= 15 is 0 Å². The van der Waals surface area contributed by atoms with E-state index in [0.717, 1.165) is 5.56 Å². The van der Waals surface area contributed by atoms with E-state index in [1.165, 1.54) is 26.3 Å². The molecular weight excluding hydrogens is 364 g/mol. The number of halogens is 1. The zero-order valence-corrected chi connectivity index (χ0v) is 15.4. The summed E-state index contributed by atoms with van der Waals surface area (Å²) < 4.78 is 30.8. The molecule has 2 aromatic rings. The van der Waals surface area contributed by atoms with E-state index in [9.17, 15) is 13.2 Å². The zero-order chi connectivity index (χ0) is 18.4. The van der Waals surface area contributed by atoms with Crippen molar-refractivity contribution in [3.8, 4) is 5.75 Å². The van der Waals surface area contributed by atoms with Crippen LogP contribution in [0.15, 0.2) is 47.4 Å². The third-order valence-corrected chi connectivity index (χ3v) is 5.37. The van der Waals surface area contributed by atoms with Crippen LogP contribution < -0.4 is 14.8 Å². The Hall–Kier alpha value is -2.09. The molecule has 8 heteroatoms.